The van der Waals surface area contributed by atoms with Gasteiger partial charge < -0.3 is 5.11 Å². The molecular weight excluding hydrogens is 272 g/mol. The first-order valence-corrected chi connectivity index (χ1v) is 6.52. The molecule has 2 aromatic rings. The molecule has 3 rings (SSSR count). The summed E-state index contributed by atoms with van der Waals surface area (Å²) in [6, 6.07) is 6.52. The molecule has 2 amide bonds. The fraction of sp³-hybridized carbons (Fsp3) is 0.200. The number of carbonyl (C=O) groups excluding carboxylic acids is 2. The van der Waals surface area contributed by atoms with Gasteiger partial charge in [0.25, 0.3) is 0 Å². The van der Waals surface area contributed by atoms with Crippen LogP contribution in [0.1, 0.15) is 34.7 Å². The van der Waals surface area contributed by atoms with E-state index in [2.05, 4.69) is 10.3 Å². The molecule has 2 heterocycles. The van der Waals surface area contributed by atoms with Crippen molar-refractivity contribution >= 4 is 28.7 Å². The molecule has 0 saturated carbocycles. The molecule has 21 heavy (non-hydrogen) atoms. The Morgan fingerprint density at radius 1 is 1.33 bits per heavy atom. The van der Waals surface area contributed by atoms with Crippen LogP contribution in [-0.4, -0.2) is 27.9 Å². The van der Waals surface area contributed by atoms with E-state index >= 15 is 0 Å². The van der Waals surface area contributed by atoms with Gasteiger partial charge >= 0.3 is 5.97 Å². The van der Waals surface area contributed by atoms with Crippen LogP contribution in [0.5, 0.6) is 0 Å². The second-order valence-electron chi connectivity index (χ2n) is 4.95. The average Bonchev–Trinajstić information content (AvgIpc) is 2.46. The lowest BCUT2D eigenvalue weighted by Gasteiger charge is -2.21. The van der Waals surface area contributed by atoms with Crippen molar-refractivity contribution in [2.24, 2.45) is 0 Å². The number of carbonyl (C=O) groups is 3. The number of benzene rings is 1. The van der Waals surface area contributed by atoms with E-state index in [0.717, 1.165) is 0 Å². The minimum atomic E-state index is -1.04. The third kappa shape index (κ3) is 2.35. The molecule has 6 heteroatoms. The molecule has 1 aliphatic heterocycles. The zero-order chi connectivity index (χ0) is 15.0. The maximum absolute atomic E-state index is 11.9. The van der Waals surface area contributed by atoms with Crippen molar-refractivity contribution in [1.29, 1.82) is 0 Å². The minimum absolute atomic E-state index is 0.147. The number of piperidine rings is 1. The van der Waals surface area contributed by atoms with Gasteiger partial charge in [-0.1, -0.05) is 6.07 Å². The van der Waals surface area contributed by atoms with Gasteiger partial charge in [-0.15, -0.1) is 0 Å². The van der Waals surface area contributed by atoms with E-state index in [0.29, 0.717) is 22.9 Å². The summed E-state index contributed by atoms with van der Waals surface area (Å²) < 4.78 is 0. The molecule has 2 N–H and O–H groups in total. The Labute approximate surface area is 119 Å². The Balaban J connectivity index is 2.08. The van der Waals surface area contributed by atoms with E-state index in [4.69, 9.17) is 0 Å². The smallest absolute Gasteiger partial charge is 0.336 e. The van der Waals surface area contributed by atoms with Gasteiger partial charge in [-0.25, -0.2) is 4.79 Å². The highest BCUT2D eigenvalue weighted by Gasteiger charge is 2.28. The summed E-state index contributed by atoms with van der Waals surface area (Å²) in [7, 11) is 0. The summed E-state index contributed by atoms with van der Waals surface area (Å²) in [6.07, 6.45) is 2.25. The van der Waals surface area contributed by atoms with Crippen LogP contribution in [-0.2, 0) is 9.59 Å². The number of hydrogen-bond acceptors (Lipinski definition) is 4. The van der Waals surface area contributed by atoms with Crippen LogP contribution in [0.3, 0.4) is 0 Å². The number of pyridine rings is 1. The monoisotopic (exact) mass is 284 g/mol. The molecule has 1 unspecified atom stereocenters. The van der Waals surface area contributed by atoms with Crippen molar-refractivity contribution in [3.05, 3.63) is 41.6 Å². The molecule has 106 valence electrons. The lowest BCUT2D eigenvalue weighted by Crippen LogP contribution is -2.39. The van der Waals surface area contributed by atoms with Gasteiger partial charge in [0, 0.05) is 18.0 Å². The summed E-state index contributed by atoms with van der Waals surface area (Å²) >= 11 is 0. The summed E-state index contributed by atoms with van der Waals surface area (Å²) in [5.41, 5.74) is 1.33. The number of rotatable bonds is 2. The number of aromatic carboxylic acids is 1. The van der Waals surface area contributed by atoms with Crippen molar-refractivity contribution in [1.82, 2.24) is 10.3 Å². The van der Waals surface area contributed by atoms with Crippen LogP contribution in [0, 0.1) is 0 Å². The molecule has 1 fully saturated rings. The predicted molar refractivity (Wildman–Crippen MR) is 73.8 cm³/mol. The van der Waals surface area contributed by atoms with Gasteiger partial charge in [-0.2, -0.15) is 0 Å². The Hall–Kier alpha value is -2.76. The van der Waals surface area contributed by atoms with Crippen molar-refractivity contribution < 1.29 is 19.5 Å². The standard InChI is InChI=1S/C15H12N2O4/c18-13-5-4-9(14(19)17-13)8-6-11-10(15(20)21)2-1-3-12(11)16-7-8/h1-3,6-7,9H,4-5H2,(H,20,21)(H,17,18,19). The van der Waals surface area contributed by atoms with Crippen LogP contribution in [0.25, 0.3) is 10.9 Å². The van der Waals surface area contributed by atoms with E-state index in [1.165, 1.54) is 6.07 Å². The molecule has 0 aliphatic carbocycles. The second-order valence-corrected chi connectivity index (χ2v) is 4.95. The molecule has 1 atom stereocenters. The SMILES string of the molecule is O=C1CCC(c2cnc3cccc(C(=O)O)c3c2)C(=O)N1. The normalized spacial score (nSPS) is 18.6. The lowest BCUT2D eigenvalue weighted by molar-refractivity contribution is -0.134. The highest BCUT2D eigenvalue weighted by atomic mass is 16.4. The molecular formula is C15H12N2O4. The van der Waals surface area contributed by atoms with Crippen LogP contribution in [0.4, 0.5) is 0 Å². The van der Waals surface area contributed by atoms with Crippen LogP contribution in [0.2, 0.25) is 0 Å². The number of aromatic nitrogens is 1. The third-order valence-corrected chi connectivity index (χ3v) is 3.62. The van der Waals surface area contributed by atoms with Gasteiger partial charge in [0.2, 0.25) is 11.8 Å². The molecule has 0 bridgehead atoms. The number of amides is 2. The molecule has 6 nitrogen and oxygen atoms in total. The highest BCUT2D eigenvalue weighted by molar-refractivity contribution is 6.04. The minimum Gasteiger partial charge on any atom is -0.478 e. The van der Waals surface area contributed by atoms with Gasteiger partial charge in [-0.05, 0) is 30.2 Å². The number of carboxylic acids is 1. The van der Waals surface area contributed by atoms with Crippen LogP contribution in [0.15, 0.2) is 30.5 Å². The van der Waals surface area contributed by atoms with Gasteiger partial charge in [0.1, 0.15) is 0 Å². The first kappa shape index (κ1) is 13.2. The van der Waals surface area contributed by atoms with E-state index in [-0.39, 0.29) is 23.8 Å². The summed E-state index contributed by atoms with van der Waals surface area (Å²) in [5.74, 6) is -2.15. The first-order valence-electron chi connectivity index (χ1n) is 6.52. The Kier molecular flexibility index (Phi) is 3.13. The zero-order valence-corrected chi connectivity index (χ0v) is 11.0. The number of imide groups is 1. The molecule has 0 spiro atoms. The highest BCUT2D eigenvalue weighted by Crippen LogP contribution is 2.27. The first-order chi connectivity index (χ1) is 10.1. The number of nitrogens with one attached hydrogen (secondary N) is 1. The maximum Gasteiger partial charge on any atom is 0.336 e. The second kappa shape index (κ2) is 4.97. The number of nitrogens with zero attached hydrogens (tertiary/aromatic N) is 1. The maximum atomic E-state index is 11.9. The van der Waals surface area contributed by atoms with Crippen molar-refractivity contribution in [3.8, 4) is 0 Å². The molecule has 0 radical (unpaired) electrons. The topological polar surface area (TPSA) is 96.4 Å². The van der Waals surface area contributed by atoms with Gasteiger partial charge in [-0.3, -0.25) is 19.9 Å². The Bertz CT molecular complexity index is 769. The van der Waals surface area contributed by atoms with Gasteiger partial charge in [0.15, 0.2) is 0 Å². The van der Waals surface area contributed by atoms with Crippen molar-refractivity contribution in [2.45, 2.75) is 18.8 Å². The molecule has 1 aliphatic rings. The van der Waals surface area contributed by atoms with Crippen molar-refractivity contribution in [2.75, 3.05) is 0 Å². The Morgan fingerprint density at radius 3 is 2.86 bits per heavy atom. The van der Waals surface area contributed by atoms with Crippen molar-refractivity contribution in [3.63, 3.8) is 0 Å². The quantitative estimate of drug-likeness (QED) is 0.814. The molecule has 1 aromatic heterocycles. The van der Waals surface area contributed by atoms with E-state index in [1.807, 2.05) is 0 Å². The Morgan fingerprint density at radius 2 is 2.14 bits per heavy atom. The number of fused-ring (bicyclic) bond motifs is 1. The summed E-state index contributed by atoms with van der Waals surface area (Å²) in [5, 5.41) is 12.0. The largest absolute Gasteiger partial charge is 0.478 e. The summed E-state index contributed by atoms with van der Waals surface area (Å²) in [6.45, 7) is 0. The van der Waals surface area contributed by atoms with Crippen LogP contribution < -0.4 is 5.32 Å². The third-order valence-electron chi connectivity index (χ3n) is 3.62. The average molecular weight is 284 g/mol. The van der Waals surface area contributed by atoms with E-state index in [9.17, 15) is 19.5 Å². The van der Waals surface area contributed by atoms with E-state index in [1.54, 1.807) is 24.4 Å². The lowest BCUT2D eigenvalue weighted by atomic mass is 9.90. The van der Waals surface area contributed by atoms with Crippen LogP contribution >= 0.6 is 0 Å². The summed E-state index contributed by atoms with van der Waals surface area (Å²) in [4.78, 5) is 38.5. The number of carboxylic acid groups (broad SMARTS) is 1. The van der Waals surface area contributed by atoms with E-state index < -0.39 is 11.9 Å². The fourth-order valence-corrected chi connectivity index (χ4v) is 2.55. The molecule has 1 aromatic carbocycles. The van der Waals surface area contributed by atoms with Gasteiger partial charge in [0.05, 0.1) is 17.0 Å². The fourth-order valence-electron chi connectivity index (χ4n) is 2.55. The molecule has 1 saturated heterocycles. The zero-order valence-electron chi connectivity index (χ0n) is 11.0. The number of hydrogen-bond donors (Lipinski definition) is 2. The predicted octanol–water partition coefficient (Wildman–Crippen LogP) is 1.45.